The fraction of sp³-hybridized carbons (Fsp3) is 0.474. The molecule has 1 aromatic carbocycles. The molecule has 0 aliphatic carbocycles. The minimum absolute atomic E-state index is 0.151. The summed E-state index contributed by atoms with van der Waals surface area (Å²) in [6.45, 7) is 8.99. The predicted molar refractivity (Wildman–Crippen MR) is 91.8 cm³/mol. The highest BCUT2D eigenvalue weighted by Crippen LogP contribution is 2.18. The summed E-state index contributed by atoms with van der Waals surface area (Å²) in [5, 5.41) is 2.92. The van der Waals surface area contributed by atoms with Crippen molar-refractivity contribution in [2.75, 3.05) is 6.54 Å². The second-order valence-electron chi connectivity index (χ2n) is 6.48. The maximum atomic E-state index is 12.1. The molecule has 0 fully saturated rings. The number of aryl methyl sites for hydroxylation is 1. The van der Waals surface area contributed by atoms with E-state index in [1.807, 2.05) is 13.8 Å². The summed E-state index contributed by atoms with van der Waals surface area (Å²) in [6, 6.07) is 8.71. The highest BCUT2D eigenvalue weighted by Gasteiger charge is 2.18. The average molecular weight is 314 g/mol. The van der Waals surface area contributed by atoms with E-state index in [-0.39, 0.29) is 11.8 Å². The number of rotatable bonds is 7. The van der Waals surface area contributed by atoms with Gasteiger partial charge in [-0.1, -0.05) is 52.0 Å². The summed E-state index contributed by atoms with van der Waals surface area (Å²) in [7, 11) is 0. The Morgan fingerprint density at radius 1 is 1.13 bits per heavy atom. The van der Waals surface area contributed by atoms with Gasteiger partial charge in [-0.2, -0.15) is 0 Å². The molecule has 4 nitrogen and oxygen atoms in total. The third kappa shape index (κ3) is 4.68. The SMILES string of the molecule is CC(C)c1ccc(CCCNC(=O)c2ncoc2C(C)C)cc1. The molecule has 0 aliphatic heterocycles. The number of aromatic nitrogens is 1. The predicted octanol–water partition coefficient (Wildman–Crippen LogP) is 4.28. The molecule has 0 atom stereocenters. The lowest BCUT2D eigenvalue weighted by Gasteiger charge is -2.08. The summed E-state index contributed by atoms with van der Waals surface area (Å²) < 4.78 is 5.28. The topological polar surface area (TPSA) is 55.1 Å². The summed E-state index contributed by atoms with van der Waals surface area (Å²) in [4.78, 5) is 16.2. The van der Waals surface area contributed by atoms with Gasteiger partial charge in [0.2, 0.25) is 0 Å². The zero-order valence-corrected chi connectivity index (χ0v) is 14.4. The molecule has 0 unspecified atom stereocenters. The van der Waals surface area contributed by atoms with E-state index in [0.717, 1.165) is 12.8 Å². The van der Waals surface area contributed by atoms with Crippen LogP contribution in [0.1, 0.15) is 73.3 Å². The van der Waals surface area contributed by atoms with Crippen LogP contribution in [0.15, 0.2) is 35.1 Å². The molecule has 4 heteroatoms. The van der Waals surface area contributed by atoms with Crippen LogP contribution in [-0.4, -0.2) is 17.4 Å². The number of nitrogens with one attached hydrogen (secondary N) is 1. The third-order valence-corrected chi connectivity index (χ3v) is 3.91. The van der Waals surface area contributed by atoms with Gasteiger partial charge in [0.1, 0.15) is 5.76 Å². The molecule has 0 aliphatic rings. The maximum absolute atomic E-state index is 12.1. The molecule has 0 saturated heterocycles. The molecule has 0 bridgehead atoms. The van der Waals surface area contributed by atoms with Gasteiger partial charge < -0.3 is 9.73 Å². The highest BCUT2D eigenvalue weighted by molar-refractivity contribution is 5.93. The molecule has 2 rings (SSSR count). The number of hydrogen-bond donors (Lipinski definition) is 1. The van der Waals surface area contributed by atoms with Crippen LogP contribution in [0.4, 0.5) is 0 Å². The van der Waals surface area contributed by atoms with Crippen LogP contribution in [0.2, 0.25) is 0 Å². The van der Waals surface area contributed by atoms with Crippen molar-refractivity contribution in [1.29, 1.82) is 0 Å². The fourth-order valence-electron chi connectivity index (χ4n) is 2.48. The number of carbonyl (C=O) groups is 1. The van der Waals surface area contributed by atoms with Crippen molar-refractivity contribution in [3.63, 3.8) is 0 Å². The summed E-state index contributed by atoms with van der Waals surface area (Å²) in [5.41, 5.74) is 3.06. The number of hydrogen-bond acceptors (Lipinski definition) is 3. The molecule has 124 valence electrons. The van der Waals surface area contributed by atoms with E-state index in [4.69, 9.17) is 4.42 Å². The van der Waals surface area contributed by atoms with E-state index in [1.165, 1.54) is 17.5 Å². The summed E-state index contributed by atoms with van der Waals surface area (Å²) in [6.07, 6.45) is 3.19. The van der Waals surface area contributed by atoms with Gasteiger partial charge in [-0.25, -0.2) is 4.98 Å². The summed E-state index contributed by atoms with van der Waals surface area (Å²) in [5.74, 6) is 1.20. The Labute approximate surface area is 138 Å². The summed E-state index contributed by atoms with van der Waals surface area (Å²) >= 11 is 0. The van der Waals surface area contributed by atoms with Crippen molar-refractivity contribution >= 4 is 5.91 Å². The van der Waals surface area contributed by atoms with Gasteiger partial charge in [-0.15, -0.1) is 0 Å². The van der Waals surface area contributed by atoms with Crippen molar-refractivity contribution in [3.8, 4) is 0 Å². The molecule has 1 amide bonds. The van der Waals surface area contributed by atoms with Crippen LogP contribution in [0.3, 0.4) is 0 Å². The van der Waals surface area contributed by atoms with Crippen molar-refractivity contribution < 1.29 is 9.21 Å². The number of oxazole rings is 1. The van der Waals surface area contributed by atoms with Gasteiger partial charge in [-0.3, -0.25) is 4.79 Å². The number of nitrogens with zero attached hydrogens (tertiary/aromatic N) is 1. The van der Waals surface area contributed by atoms with Gasteiger partial charge in [0.15, 0.2) is 12.1 Å². The van der Waals surface area contributed by atoms with Gasteiger partial charge in [0, 0.05) is 12.5 Å². The highest BCUT2D eigenvalue weighted by atomic mass is 16.3. The van der Waals surface area contributed by atoms with E-state index in [2.05, 4.69) is 48.4 Å². The Kier molecular flexibility index (Phi) is 5.97. The van der Waals surface area contributed by atoms with Gasteiger partial charge in [0.05, 0.1) is 0 Å². The van der Waals surface area contributed by atoms with Crippen LogP contribution in [0, 0.1) is 0 Å². The van der Waals surface area contributed by atoms with Crippen LogP contribution in [-0.2, 0) is 6.42 Å². The number of amides is 1. The number of benzene rings is 1. The first kappa shape index (κ1) is 17.3. The average Bonchev–Trinajstić information content (AvgIpc) is 3.01. The zero-order valence-electron chi connectivity index (χ0n) is 14.4. The lowest BCUT2D eigenvalue weighted by molar-refractivity contribution is 0.0946. The normalized spacial score (nSPS) is 11.2. The van der Waals surface area contributed by atoms with Gasteiger partial charge in [-0.05, 0) is 29.9 Å². The number of carbonyl (C=O) groups excluding carboxylic acids is 1. The van der Waals surface area contributed by atoms with Crippen LogP contribution in [0.25, 0.3) is 0 Å². The molecule has 2 aromatic rings. The smallest absolute Gasteiger partial charge is 0.273 e. The second-order valence-corrected chi connectivity index (χ2v) is 6.48. The Bertz CT molecular complexity index is 627. The molecular weight excluding hydrogens is 288 g/mol. The Morgan fingerprint density at radius 2 is 1.83 bits per heavy atom. The third-order valence-electron chi connectivity index (χ3n) is 3.91. The molecule has 1 aromatic heterocycles. The van der Waals surface area contributed by atoms with E-state index in [9.17, 15) is 4.79 Å². The largest absolute Gasteiger partial charge is 0.447 e. The zero-order chi connectivity index (χ0) is 16.8. The Hall–Kier alpha value is -2.10. The standard InChI is InChI=1S/C19H26N2O2/c1-13(2)16-9-7-15(8-10-16)6-5-11-20-19(22)17-18(14(3)4)23-12-21-17/h7-10,12-14H,5-6,11H2,1-4H3,(H,20,22). The quantitative estimate of drug-likeness (QED) is 0.776. The molecule has 0 saturated carbocycles. The molecule has 23 heavy (non-hydrogen) atoms. The van der Waals surface area contributed by atoms with Gasteiger partial charge >= 0.3 is 0 Å². The molecule has 1 N–H and O–H groups in total. The second kappa shape index (κ2) is 7.95. The molecule has 0 radical (unpaired) electrons. The van der Waals surface area contributed by atoms with E-state index < -0.39 is 0 Å². The first-order chi connectivity index (χ1) is 11.0. The van der Waals surface area contributed by atoms with E-state index in [0.29, 0.717) is 23.9 Å². The molecule has 0 spiro atoms. The minimum Gasteiger partial charge on any atom is -0.447 e. The van der Waals surface area contributed by atoms with Crippen LogP contribution >= 0.6 is 0 Å². The first-order valence-corrected chi connectivity index (χ1v) is 8.29. The van der Waals surface area contributed by atoms with Gasteiger partial charge in [0.25, 0.3) is 5.91 Å². The van der Waals surface area contributed by atoms with Crippen molar-refractivity contribution in [2.24, 2.45) is 0 Å². The molecule has 1 heterocycles. The van der Waals surface area contributed by atoms with E-state index >= 15 is 0 Å². The van der Waals surface area contributed by atoms with Crippen LogP contribution < -0.4 is 5.32 Å². The molecular formula is C19H26N2O2. The van der Waals surface area contributed by atoms with E-state index in [1.54, 1.807) is 0 Å². The van der Waals surface area contributed by atoms with Crippen molar-refractivity contribution in [3.05, 3.63) is 53.2 Å². The Balaban J connectivity index is 1.78. The monoisotopic (exact) mass is 314 g/mol. The first-order valence-electron chi connectivity index (χ1n) is 8.29. The fourth-order valence-corrected chi connectivity index (χ4v) is 2.48. The maximum Gasteiger partial charge on any atom is 0.273 e. The minimum atomic E-state index is -0.155. The Morgan fingerprint density at radius 3 is 2.43 bits per heavy atom. The lowest BCUT2D eigenvalue weighted by atomic mass is 10.0. The van der Waals surface area contributed by atoms with Crippen LogP contribution in [0.5, 0.6) is 0 Å². The van der Waals surface area contributed by atoms with Crippen molar-refractivity contribution in [2.45, 2.75) is 52.4 Å². The van der Waals surface area contributed by atoms with Crippen molar-refractivity contribution in [1.82, 2.24) is 10.3 Å². The lowest BCUT2D eigenvalue weighted by Crippen LogP contribution is -2.26.